The average molecular weight is 459 g/mol. The lowest BCUT2D eigenvalue weighted by molar-refractivity contribution is 0.0729. The fourth-order valence-electron chi connectivity index (χ4n) is 2.52. The molecule has 0 radical (unpaired) electrons. The first-order valence-corrected chi connectivity index (χ1v) is 9.61. The predicted molar refractivity (Wildman–Crippen MR) is 118 cm³/mol. The molecule has 158 valence electrons. The summed E-state index contributed by atoms with van der Waals surface area (Å²) in [4.78, 5) is 24.4. The number of hydrogen-bond acceptors (Lipinski definition) is 6. The number of nitrogens with one attached hydrogen (secondary N) is 1. The molecule has 0 heterocycles. The summed E-state index contributed by atoms with van der Waals surface area (Å²) < 4.78 is 10.6. The van der Waals surface area contributed by atoms with Crippen LogP contribution in [0, 0.1) is 0 Å². The van der Waals surface area contributed by atoms with Gasteiger partial charge >= 0.3 is 5.97 Å². The third-order valence-corrected chi connectivity index (χ3v) is 4.81. The van der Waals surface area contributed by atoms with E-state index in [4.69, 9.17) is 32.7 Å². The van der Waals surface area contributed by atoms with Crippen molar-refractivity contribution in [3.05, 3.63) is 87.4 Å². The van der Waals surface area contributed by atoms with Gasteiger partial charge in [0.25, 0.3) is 5.91 Å². The summed E-state index contributed by atoms with van der Waals surface area (Å²) >= 11 is 11.8. The molecule has 9 heteroatoms. The number of ether oxygens (including phenoxy) is 2. The highest BCUT2D eigenvalue weighted by Gasteiger charge is 2.14. The highest BCUT2D eigenvalue weighted by atomic mass is 35.5. The topological polar surface area (TPSA) is 97.2 Å². The fourth-order valence-corrected chi connectivity index (χ4v) is 2.82. The number of rotatable bonds is 6. The molecule has 0 aliphatic heterocycles. The summed E-state index contributed by atoms with van der Waals surface area (Å²) in [6.07, 6.45) is 1.38. The van der Waals surface area contributed by atoms with Crippen LogP contribution in [0.15, 0.2) is 65.8 Å². The number of carbonyl (C=O) groups is 2. The van der Waals surface area contributed by atoms with Crippen molar-refractivity contribution in [3.8, 4) is 17.2 Å². The maximum atomic E-state index is 12.4. The Morgan fingerprint density at radius 1 is 1.00 bits per heavy atom. The van der Waals surface area contributed by atoms with Crippen molar-refractivity contribution >= 4 is 41.3 Å². The highest BCUT2D eigenvalue weighted by Crippen LogP contribution is 2.29. The van der Waals surface area contributed by atoms with Crippen molar-refractivity contribution in [1.29, 1.82) is 0 Å². The number of methoxy groups -OCH3 is 1. The maximum Gasteiger partial charge on any atom is 0.343 e. The second-order valence-electron chi connectivity index (χ2n) is 6.14. The molecule has 0 aliphatic rings. The summed E-state index contributed by atoms with van der Waals surface area (Å²) in [5.41, 5.74) is 3.23. The molecule has 0 bridgehead atoms. The Morgan fingerprint density at radius 3 is 2.48 bits per heavy atom. The predicted octanol–water partition coefficient (Wildman–Crippen LogP) is 4.69. The number of esters is 1. The lowest BCUT2D eigenvalue weighted by Gasteiger charge is -2.10. The van der Waals surface area contributed by atoms with Crippen LogP contribution in [-0.4, -0.2) is 30.3 Å². The molecule has 31 heavy (non-hydrogen) atoms. The summed E-state index contributed by atoms with van der Waals surface area (Å²) in [5, 5.41) is 14.1. The number of phenols is 1. The molecule has 0 saturated heterocycles. The van der Waals surface area contributed by atoms with E-state index in [9.17, 15) is 14.7 Å². The third-order valence-electron chi connectivity index (χ3n) is 4.07. The number of halogens is 2. The van der Waals surface area contributed by atoms with E-state index in [0.29, 0.717) is 10.6 Å². The van der Waals surface area contributed by atoms with Crippen LogP contribution >= 0.6 is 23.2 Å². The standard InChI is InChI=1S/C22H16Cl2N2O5/c1-30-20-10-13(12-25-26-21(28)15-4-2-3-5-18(15)27)6-9-19(20)31-22(29)14-7-8-16(23)17(24)11-14/h2-12,27H,1H3,(H,26,28)/b25-12-. The van der Waals surface area contributed by atoms with Gasteiger partial charge in [0, 0.05) is 0 Å². The minimum atomic E-state index is -0.631. The summed E-state index contributed by atoms with van der Waals surface area (Å²) in [7, 11) is 1.42. The maximum absolute atomic E-state index is 12.4. The van der Waals surface area contributed by atoms with Gasteiger partial charge in [-0.15, -0.1) is 0 Å². The van der Waals surface area contributed by atoms with Crippen LogP contribution in [0.4, 0.5) is 0 Å². The van der Waals surface area contributed by atoms with Crippen molar-refractivity contribution in [2.24, 2.45) is 5.10 Å². The number of hydrazone groups is 1. The van der Waals surface area contributed by atoms with Crippen LogP contribution in [-0.2, 0) is 0 Å². The van der Waals surface area contributed by atoms with Gasteiger partial charge in [0.2, 0.25) is 0 Å². The Morgan fingerprint density at radius 2 is 1.77 bits per heavy atom. The zero-order chi connectivity index (χ0) is 22.4. The number of nitrogens with zero attached hydrogens (tertiary/aromatic N) is 1. The van der Waals surface area contributed by atoms with Gasteiger partial charge < -0.3 is 14.6 Å². The monoisotopic (exact) mass is 458 g/mol. The van der Waals surface area contributed by atoms with Gasteiger partial charge in [-0.3, -0.25) is 4.79 Å². The Kier molecular flexibility index (Phi) is 7.12. The Balaban J connectivity index is 1.70. The van der Waals surface area contributed by atoms with Crippen LogP contribution in [0.1, 0.15) is 26.3 Å². The molecule has 0 fully saturated rings. The Hall–Kier alpha value is -3.55. The number of para-hydroxylation sites is 1. The highest BCUT2D eigenvalue weighted by molar-refractivity contribution is 6.42. The first-order valence-electron chi connectivity index (χ1n) is 8.85. The van der Waals surface area contributed by atoms with Crippen molar-refractivity contribution in [2.45, 2.75) is 0 Å². The summed E-state index contributed by atoms with van der Waals surface area (Å²) in [6, 6.07) is 15.2. The first kappa shape index (κ1) is 22.1. The smallest absolute Gasteiger partial charge is 0.343 e. The second-order valence-corrected chi connectivity index (χ2v) is 6.96. The van der Waals surface area contributed by atoms with E-state index in [1.807, 2.05) is 0 Å². The molecule has 7 nitrogen and oxygen atoms in total. The van der Waals surface area contributed by atoms with E-state index in [2.05, 4.69) is 10.5 Å². The molecular formula is C22H16Cl2N2O5. The fraction of sp³-hybridized carbons (Fsp3) is 0.0455. The zero-order valence-corrected chi connectivity index (χ0v) is 17.6. The quantitative estimate of drug-likeness (QED) is 0.241. The van der Waals surface area contributed by atoms with E-state index in [-0.39, 0.29) is 33.4 Å². The molecule has 2 N–H and O–H groups in total. The van der Waals surface area contributed by atoms with E-state index in [1.54, 1.807) is 24.3 Å². The molecule has 0 aromatic heterocycles. The molecule has 1 amide bonds. The molecule has 3 rings (SSSR count). The summed E-state index contributed by atoms with van der Waals surface area (Å²) in [5.74, 6) is -0.870. The Labute approximate surface area is 187 Å². The van der Waals surface area contributed by atoms with E-state index in [1.165, 1.54) is 49.7 Å². The van der Waals surface area contributed by atoms with Crippen LogP contribution in [0.2, 0.25) is 10.0 Å². The van der Waals surface area contributed by atoms with Gasteiger partial charge in [0.05, 0.1) is 34.5 Å². The second kappa shape index (κ2) is 9.97. The Bertz CT molecular complexity index is 1160. The van der Waals surface area contributed by atoms with Gasteiger partial charge in [-0.1, -0.05) is 35.3 Å². The third kappa shape index (κ3) is 5.53. The van der Waals surface area contributed by atoms with Crippen LogP contribution in [0.25, 0.3) is 0 Å². The largest absolute Gasteiger partial charge is 0.507 e. The molecule has 0 atom stereocenters. The van der Waals surface area contributed by atoms with E-state index in [0.717, 1.165) is 0 Å². The zero-order valence-electron chi connectivity index (χ0n) is 16.1. The summed E-state index contributed by atoms with van der Waals surface area (Å²) in [6.45, 7) is 0. The normalized spacial score (nSPS) is 10.7. The van der Waals surface area contributed by atoms with Crippen LogP contribution in [0.5, 0.6) is 17.2 Å². The molecule has 0 spiro atoms. The van der Waals surface area contributed by atoms with Crippen molar-refractivity contribution in [2.75, 3.05) is 7.11 Å². The van der Waals surface area contributed by atoms with Gasteiger partial charge in [-0.25, -0.2) is 10.2 Å². The van der Waals surface area contributed by atoms with Gasteiger partial charge in [-0.05, 0) is 54.1 Å². The minimum absolute atomic E-state index is 0.0989. The average Bonchev–Trinajstić information content (AvgIpc) is 2.76. The molecule has 0 saturated carbocycles. The van der Waals surface area contributed by atoms with Gasteiger partial charge in [0.15, 0.2) is 11.5 Å². The number of amides is 1. The molecular weight excluding hydrogens is 443 g/mol. The molecule has 3 aromatic rings. The number of hydrogen-bond donors (Lipinski definition) is 2. The van der Waals surface area contributed by atoms with Crippen molar-refractivity contribution in [1.82, 2.24) is 5.43 Å². The lowest BCUT2D eigenvalue weighted by Crippen LogP contribution is -2.17. The SMILES string of the molecule is COc1cc(/C=N\NC(=O)c2ccccc2O)ccc1OC(=O)c1ccc(Cl)c(Cl)c1. The van der Waals surface area contributed by atoms with E-state index < -0.39 is 11.9 Å². The number of phenolic OH excluding ortho intramolecular Hbond substituents is 1. The van der Waals surface area contributed by atoms with Crippen molar-refractivity contribution in [3.63, 3.8) is 0 Å². The van der Waals surface area contributed by atoms with Gasteiger partial charge in [0.1, 0.15) is 5.75 Å². The van der Waals surface area contributed by atoms with Crippen LogP contribution < -0.4 is 14.9 Å². The van der Waals surface area contributed by atoms with E-state index >= 15 is 0 Å². The lowest BCUT2D eigenvalue weighted by atomic mass is 10.2. The molecule has 3 aromatic carbocycles. The minimum Gasteiger partial charge on any atom is -0.507 e. The number of benzene rings is 3. The van der Waals surface area contributed by atoms with Crippen LogP contribution in [0.3, 0.4) is 0 Å². The van der Waals surface area contributed by atoms with Gasteiger partial charge in [-0.2, -0.15) is 5.10 Å². The first-order chi connectivity index (χ1) is 14.9. The molecule has 0 aliphatic carbocycles. The van der Waals surface area contributed by atoms with Crippen molar-refractivity contribution < 1.29 is 24.2 Å². The number of carbonyl (C=O) groups excluding carboxylic acids is 2. The molecule has 0 unspecified atom stereocenters. The number of aromatic hydroxyl groups is 1.